The van der Waals surface area contributed by atoms with Gasteiger partial charge in [0.05, 0.1) is 0 Å². The molecule has 0 spiro atoms. The van der Waals surface area contributed by atoms with Crippen molar-refractivity contribution in [3.05, 3.63) is 35.4 Å². The zero-order valence-electron chi connectivity index (χ0n) is 11.8. The van der Waals surface area contributed by atoms with Crippen LogP contribution in [0.5, 0.6) is 0 Å². The summed E-state index contributed by atoms with van der Waals surface area (Å²) in [5.74, 6) is 4.01. The van der Waals surface area contributed by atoms with E-state index >= 15 is 0 Å². The van der Waals surface area contributed by atoms with Crippen molar-refractivity contribution in [1.82, 2.24) is 5.32 Å². The van der Waals surface area contributed by atoms with E-state index in [2.05, 4.69) is 29.6 Å². The van der Waals surface area contributed by atoms with E-state index in [0.29, 0.717) is 0 Å². The second-order valence-corrected chi connectivity index (χ2v) is 6.99. The summed E-state index contributed by atoms with van der Waals surface area (Å²) in [5.41, 5.74) is 3.01. The van der Waals surface area contributed by atoms with E-state index in [4.69, 9.17) is 0 Å². The van der Waals surface area contributed by atoms with Gasteiger partial charge in [-0.15, -0.1) is 0 Å². The molecule has 0 bridgehead atoms. The number of hydrogen-bond acceptors (Lipinski definition) is 1. The second-order valence-electron chi connectivity index (χ2n) is 6.99. The second kappa shape index (κ2) is 4.94. The van der Waals surface area contributed by atoms with Gasteiger partial charge in [0.1, 0.15) is 0 Å². The van der Waals surface area contributed by atoms with Crippen LogP contribution in [0.2, 0.25) is 0 Å². The minimum absolute atomic E-state index is 0.885. The molecule has 1 aromatic carbocycles. The lowest BCUT2D eigenvalue weighted by molar-refractivity contribution is 0.378. The Balaban J connectivity index is 1.26. The van der Waals surface area contributed by atoms with Gasteiger partial charge in [0.25, 0.3) is 0 Å². The van der Waals surface area contributed by atoms with E-state index in [1.54, 1.807) is 5.56 Å². The lowest BCUT2D eigenvalue weighted by Crippen LogP contribution is -2.25. The minimum Gasteiger partial charge on any atom is -0.312 e. The fourth-order valence-corrected chi connectivity index (χ4v) is 3.47. The Hall–Kier alpha value is -0.820. The molecule has 0 unspecified atom stereocenters. The Morgan fingerprint density at radius 1 is 0.895 bits per heavy atom. The lowest BCUT2D eigenvalue weighted by Gasteiger charge is -2.16. The summed E-state index contributed by atoms with van der Waals surface area (Å²) in [5, 5.41) is 3.71. The quantitative estimate of drug-likeness (QED) is 0.774. The standard InChI is InChI=1S/C18H25N/c1-3-14(15-5-6-15)4-2-13(1)11-19-12-18(16-7-8-16)17-9-10-17/h1-4,15-19H,5-12H2. The summed E-state index contributed by atoms with van der Waals surface area (Å²) in [6, 6.07) is 9.33. The van der Waals surface area contributed by atoms with E-state index in [1.165, 1.54) is 50.6 Å². The molecule has 102 valence electrons. The van der Waals surface area contributed by atoms with Gasteiger partial charge in [-0.2, -0.15) is 0 Å². The molecule has 19 heavy (non-hydrogen) atoms. The van der Waals surface area contributed by atoms with Gasteiger partial charge in [-0.3, -0.25) is 0 Å². The molecule has 0 atom stereocenters. The highest BCUT2D eigenvalue weighted by molar-refractivity contribution is 5.27. The van der Waals surface area contributed by atoms with Crippen molar-refractivity contribution >= 4 is 0 Å². The zero-order chi connectivity index (χ0) is 12.7. The first-order valence-electron chi connectivity index (χ1n) is 8.20. The molecule has 3 fully saturated rings. The lowest BCUT2D eigenvalue weighted by atomic mass is 9.98. The van der Waals surface area contributed by atoms with Crippen molar-refractivity contribution in [2.45, 2.75) is 51.0 Å². The van der Waals surface area contributed by atoms with Crippen LogP contribution in [-0.2, 0) is 6.54 Å². The molecule has 1 heteroatoms. The van der Waals surface area contributed by atoms with Gasteiger partial charge >= 0.3 is 0 Å². The Bertz CT molecular complexity index is 412. The van der Waals surface area contributed by atoms with Gasteiger partial charge in [0.2, 0.25) is 0 Å². The van der Waals surface area contributed by atoms with Crippen LogP contribution in [0.3, 0.4) is 0 Å². The van der Waals surface area contributed by atoms with Gasteiger partial charge in [0.15, 0.2) is 0 Å². The van der Waals surface area contributed by atoms with E-state index in [9.17, 15) is 0 Å². The molecular formula is C18H25N. The molecule has 0 radical (unpaired) electrons. The molecule has 3 aliphatic rings. The van der Waals surface area contributed by atoms with E-state index in [-0.39, 0.29) is 0 Å². The van der Waals surface area contributed by atoms with Crippen LogP contribution in [0.1, 0.15) is 55.6 Å². The number of hydrogen-bond donors (Lipinski definition) is 1. The molecule has 0 aliphatic heterocycles. The van der Waals surface area contributed by atoms with Gasteiger partial charge < -0.3 is 5.32 Å². The number of nitrogens with one attached hydrogen (secondary N) is 1. The zero-order valence-corrected chi connectivity index (χ0v) is 11.8. The van der Waals surface area contributed by atoms with E-state index in [1.807, 2.05) is 0 Å². The minimum atomic E-state index is 0.885. The third-order valence-electron chi connectivity index (χ3n) is 5.19. The van der Waals surface area contributed by atoms with Crippen LogP contribution < -0.4 is 5.32 Å². The predicted octanol–water partition coefficient (Wildman–Crippen LogP) is 4.09. The normalized spacial score (nSPS) is 23.0. The average Bonchev–Trinajstić information content (AvgIpc) is 3.32. The predicted molar refractivity (Wildman–Crippen MR) is 79.1 cm³/mol. The summed E-state index contributed by atoms with van der Waals surface area (Å²) in [4.78, 5) is 0. The summed E-state index contributed by atoms with van der Waals surface area (Å²) < 4.78 is 0. The van der Waals surface area contributed by atoms with Gasteiger partial charge in [-0.25, -0.2) is 0 Å². The van der Waals surface area contributed by atoms with Crippen molar-refractivity contribution in [1.29, 1.82) is 0 Å². The molecule has 1 N–H and O–H groups in total. The van der Waals surface area contributed by atoms with Crippen LogP contribution in [0.15, 0.2) is 24.3 Å². The van der Waals surface area contributed by atoms with E-state index < -0.39 is 0 Å². The topological polar surface area (TPSA) is 12.0 Å². The summed E-state index contributed by atoms with van der Waals surface area (Å²) in [6.45, 7) is 2.31. The average molecular weight is 255 g/mol. The van der Waals surface area contributed by atoms with Crippen LogP contribution in [0.25, 0.3) is 0 Å². The first-order valence-corrected chi connectivity index (χ1v) is 8.20. The molecule has 0 saturated heterocycles. The van der Waals surface area contributed by atoms with E-state index in [0.717, 1.165) is 30.2 Å². The monoisotopic (exact) mass is 255 g/mol. The molecule has 1 aromatic rings. The number of rotatable bonds is 7. The largest absolute Gasteiger partial charge is 0.312 e. The summed E-state index contributed by atoms with van der Waals surface area (Å²) >= 11 is 0. The highest BCUT2D eigenvalue weighted by Gasteiger charge is 2.40. The summed E-state index contributed by atoms with van der Waals surface area (Å²) in [6.07, 6.45) is 8.81. The van der Waals surface area contributed by atoms with Crippen LogP contribution in [-0.4, -0.2) is 6.54 Å². The maximum atomic E-state index is 3.71. The Kier molecular flexibility index (Phi) is 3.11. The van der Waals surface area contributed by atoms with Crippen molar-refractivity contribution in [3.63, 3.8) is 0 Å². The maximum Gasteiger partial charge on any atom is 0.0205 e. The van der Waals surface area contributed by atoms with Crippen LogP contribution in [0.4, 0.5) is 0 Å². The molecule has 0 amide bonds. The molecule has 0 aromatic heterocycles. The molecule has 4 rings (SSSR count). The Labute approximate surface area is 116 Å². The fourth-order valence-electron chi connectivity index (χ4n) is 3.47. The SMILES string of the molecule is c1cc(C2CC2)ccc1CNCC(C1CC1)C1CC1. The first kappa shape index (κ1) is 12.0. The summed E-state index contributed by atoms with van der Waals surface area (Å²) in [7, 11) is 0. The molecule has 0 heterocycles. The third-order valence-corrected chi connectivity index (χ3v) is 5.19. The van der Waals surface area contributed by atoms with Gasteiger partial charge in [-0.05, 0) is 79.9 Å². The Morgan fingerprint density at radius 2 is 1.53 bits per heavy atom. The molecule has 1 nitrogen and oxygen atoms in total. The highest BCUT2D eigenvalue weighted by atomic mass is 14.9. The van der Waals surface area contributed by atoms with Crippen molar-refractivity contribution < 1.29 is 0 Å². The Morgan fingerprint density at radius 3 is 2.05 bits per heavy atom. The molecular weight excluding hydrogens is 230 g/mol. The third kappa shape index (κ3) is 3.02. The van der Waals surface area contributed by atoms with Crippen LogP contribution in [0, 0.1) is 17.8 Å². The van der Waals surface area contributed by atoms with Gasteiger partial charge in [-0.1, -0.05) is 24.3 Å². The smallest absolute Gasteiger partial charge is 0.0205 e. The fraction of sp³-hybridized carbons (Fsp3) is 0.667. The highest BCUT2D eigenvalue weighted by Crippen LogP contribution is 2.48. The van der Waals surface area contributed by atoms with Crippen molar-refractivity contribution in [3.8, 4) is 0 Å². The maximum absolute atomic E-state index is 3.71. The van der Waals surface area contributed by atoms with Crippen molar-refractivity contribution in [2.75, 3.05) is 6.54 Å². The number of benzene rings is 1. The van der Waals surface area contributed by atoms with Gasteiger partial charge in [0, 0.05) is 6.54 Å². The molecule has 3 aliphatic carbocycles. The molecule has 3 saturated carbocycles. The van der Waals surface area contributed by atoms with Crippen LogP contribution >= 0.6 is 0 Å². The van der Waals surface area contributed by atoms with Crippen molar-refractivity contribution in [2.24, 2.45) is 17.8 Å². The first-order chi connectivity index (χ1) is 9.40.